The minimum atomic E-state index is -3.92. The van der Waals surface area contributed by atoms with E-state index in [-0.39, 0.29) is 19.3 Å². The Labute approximate surface area is 139 Å². The summed E-state index contributed by atoms with van der Waals surface area (Å²) in [4.78, 5) is 25.5. The van der Waals surface area contributed by atoms with Gasteiger partial charge in [-0.15, -0.1) is 0 Å². The Morgan fingerprint density at radius 2 is 1.88 bits per heavy atom. The van der Waals surface area contributed by atoms with Gasteiger partial charge >= 0.3 is 5.92 Å². The van der Waals surface area contributed by atoms with Crippen molar-refractivity contribution in [3.8, 4) is 0 Å². The first-order valence-electron chi connectivity index (χ1n) is 7.83. The first-order chi connectivity index (χ1) is 11.2. The second kappa shape index (κ2) is 6.84. The smallest absolute Gasteiger partial charge is 0.352 e. The Kier molecular flexibility index (Phi) is 5.22. The van der Waals surface area contributed by atoms with E-state index in [1.807, 2.05) is 0 Å². The van der Waals surface area contributed by atoms with Crippen molar-refractivity contribution >= 4 is 11.8 Å². The van der Waals surface area contributed by atoms with E-state index in [1.54, 1.807) is 30.3 Å². The summed E-state index contributed by atoms with van der Waals surface area (Å²) >= 11 is 0. The average molecular weight is 340 g/mol. The van der Waals surface area contributed by atoms with E-state index < -0.39 is 29.4 Å². The number of nitrogens with zero attached hydrogens (tertiary/aromatic N) is 1. The SMILES string of the molecule is CN(C)C(=O)C(Cc1ccccc1)NC(=O)C(F)(F)C1(O)CCC1. The molecule has 0 saturated heterocycles. The molecule has 2 N–H and O–H groups in total. The molecule has 0 radical (unpaired) electrons. The zero-order chi connectivity index (χ0) is 18.0. The fourth-order valence-electron chi connectivity index (χ4n) is 2.65. The third kappa shape index (κ3) is 3.56. The lowest BCUT2D eigenvalue weighted by Crippen LogP contribution is -2.63. The first-order valence-corrected chi connectivity index (χ1v) is 7.83. The van der Waals surface area contributed by atoms with Crippen molar-refractivity contribution in [3.63, 3.8) is 0 Å². The summed E-state index contributed by atoms with van der Waals surface area (Å²) in [5.74, 6) is -6.02. The molecule has 2 amide bonds. The molecule has 1 saturated carbocycles. The fourth-order valence-corrected chi connectivity index (χ4v) is 2.65. The summed E-state index contributed by atoms with van der Waals surface area (Å²) < 4.78 is 28.4. The topological polar surface area (TPSA) is 69.6 Å². The molecule has 1 aromatic carbocycles. The number of halogens is 2. The number of amides is 2. The van der Waals surface area contributed by atoms with E-state index in [1.165, 1.54) is 19.0 Å². The number of hydrogen-bond donors (Lipinski definition) is 2. The van der Waals surface area contributed by atoms with Gasteiger partial charge in [-0.05, 0) is 24.8 Å². The predicted molar refractivity (Wildman–Crippen MR) is 84.5 cm³/mol. The second-order valence-electron chi connectivity index (χ2n) is 6.41. The van der Waals surface area contributed by atoms with Gasteiger partial charge in [-0.25, -0.2) is 0 Å². The third-order valence-corrected chi connectivity index (χ3v) is 4.38. The van der Waals surface area contributed by atoms with Crippen LogP contribution in [-0.2, 0) is 16.0 Å². The first kappa shape index (κ1) is 18.3. The maximum absolute atomic E-state index is 14.2. The van der Waals surface area contributed by atoms with E-state index in [0.29, 0.717) is 6.42 Å². The highest BCUT2D eigenvalue weighted by Crippen LogP contribution is 2.44. The predicted octanol–water partition coefficient (Wildman–Crippen LogP) is 1.35. The van der Waals surface area contributed by atoms with Gasteiger partial charge in [0.05, 0.1) is 0 Å². The van der Waals surface area contributed by atoms with Gasteiger partial charge in [-0.3, -0.25) is 9.59 Å². The van der Waals surface area contributed by atoms with Gasteiger partial charge in [0.1, 0.15) is 11.6 Å². The van der Waals surface area contributed by atoms with Gasteiger partial charge in [-0.1, -0.05) is 30.3 Å². The number of aliphatic hydroxyl groups is 1. The van der Waals surface area contributed by atoms with Gasteiger partial charge < -0.3 is 15.3 Å². The lowest BCUT2D eigenvalue weighted by Gasteiger charge is -2.41. The Morgan fingerprint density at radius 3 is 2.33 bits per heavy atom. The number of nitrogens with one attached hydrogen (secondary N) is 1. The molecule has 0 bridgehead atoms. The minimum absolute atomic E-state index is 0.0953. The molecule has 1 aromatic rings. The van der Waals surface area contributed by atoms with E-state index >= 15 is 0 Å². The molecule has 1 fully saturated rings. The highest BCUT2D eigenvalue weighted by Gasteiger charge is 2.61. The summed E-state index contributed by atoms with van der Waals surface area (Å²) in [6.07, 6.45) is 0.290. The fraction of sp³-hybridized carbons (Fsp3) is 0.529. The summed E-state index contributed by atoms with van der Waals surface area (Å²) in [5.41, 5.74) is -1.57. The van der Waals surface area contributed by atoms with E-state index in [4.69, 9.17) is 0 Å². The Hall–Kier alpha value is -2.02. The van der Waals surface area contributed by atoms with Crippen molar-refractivity contribution in [1.82, 2.24) is 10.2 Å². The molecular formula is C17H22F2N2O3. The van der Waals surface area contributed by atoms with Gasteiger partial charge in [0.2, 0.25) is 5.91 Å². The highest BCUT2D eigenvalue weighted by molar-refractivity contribution is 5.91. The Morgan fingerprint density at radius 1 is 1.29 bits per heavy atom. The molecule has 132 valence electrons. The number of hydrogen-bond acceptors (Lipinski definition) is 3. The molecule has 1 aliphatic rings. The Bertz CT molecular complexity index is 601. The van der Waals surface area contributed by atoms with Crippen LogP contribution < -0.4 is 5.32 Å². The minimum Gasteiger partial charge on any atom is -0.383 e. The van der Waals surface area contributed by atoms with Crippen LogP contribution in [0.2, 0.25) is 0 Å². The van der Waals surface area contributed by atoms with Crippen molar-refractivity contribution in [3.05, 3.63) is 35.9 Å². The largest absolute Gasteiger partial charge is 0.383 e. The quantitative estimate of drug-likeness (QED) is 0.821. The third-order valence-electron chi connectivity index (χ3n) is 4.38. The molecule has 1 unspecified atom stereocenters. The summed E-state index contributed by atoms with van der Waals surface area (Å²) in [7, 11) is 2.98. The normalized spacial score (nSPS) is 17.5. The highest BCUT2D eigenvalue weighted by atomic mass is 19.3. The van der Waals surface area contributed by atoms with Crippen LogP contribution in [0.3, 0.4) is 0 Å². The number of carbonyl (C=O) groups is 2. The molecule has 7 heteroatoms. The second-order valence-corrected chi connectivity index (χ2v) is 6.41. The molecular weight excluding hydrogens is 318 g/mol. The number of benzene rings is 1. The zero-order valence-electron chi connectivity index (χ0n) is 13.8. The van der Waals surface area contributed by atoms with Crippen LogP contribution >= 0.6 is 0 Å². The molecule has 0 spiro atoms. The zero-order valence-corrected chi connectivity index (χ0v) is 13.8. The lowest BCUT2D eigenvalue weighted by molar-refractivity contribution is -0.216. The summed E-state index contributed by atoms with van der Waals surface area (Å²) in [5, 5.41) is 12.0. The molecule has 1 aliphatic carbocycles. The van der Waals surface area contributed by atoms with Crippen molar-refractivity contribution in [1.29, 1.82) is 0 Å². The number of carbonyl (C=O) groups excluding carboxylic acids is 2. The molecule has 0 heterocycles. The van der Waals surface area contributed by atoms with Crippen molar-refractivity contribution in [2.75, 3.05) is 14.1 Å². The van der Waals surface area contributed by atoms with E-state index in [9.17, 15) is 23.5 Å². The maximum Gasteiger partial charge on any atom is 0.352 e. The van der Waals surface area contributed by atoms with Crippen LogP contribution in [0.5, 0.6) is 0 Å². The van der Waals surface area contributed by atoms with E-state index in [0.717, 1.165) is 5.56 Å². The van der Waals surface area contributed by atoms with Crippen LogP contribution in [0.25, 0.3) is 0 Å². The summed E-state index contributed by atoms with van der Waals surface area (Å²) in [6, 6.07) is 7.70. The maximum atomic E-state index is 14.2. The molecule has 24 heavy (non-hydrogen) atoms. The standard InChI is InChI=1S/C17H22F2N2O3/c1-21(2)14(22)13(11-12-7-4-3-5-8-12)20-15(23)17(18,19)16(24)9-6-10-16/h3-5,7-8,13,24H,6,9-11H2,1-2H3,(H,20,23). The van der Waals surface area contributed by atoms with Crippen LogP contribution in [0, 0.1) is 0 Å². The van der Waals surface area contributed by atoms with Gasteiger partial charge in [0.15, 0.2) is 0 Å². The number of alkyl halides is 2. The monoisotopic (exact) mass is 340 g/mol. The Balaban J connectivity index is 2.15. The van der Waals surface area contributed by atoms with Crippen molar-refractivity contribution in [2.45, 2.75) is 43.2 Å². The van der Waals surface area contributed by atoms with Gasteiger partial charge in [-0.2, -0.15) is 8.78 Å². The molecule has 2 rings (SSSR count). The molecule has 1 atom stereocenters. The molecule has 0 aliphatic heterocycles. The van der Waals surface area contributed by atoms with Crippen LogP contribution in [0.15, 0.2) is 30.3 Å². The average Bonchev–Trinajstić information content (AvgIpc) is 2.51. The van der Waals surface area contributed by atoms with Crippen LogP contribution in [0.1, 0.15) is 24.8 Å². The number of likely N-dealkylation sites (N-methyl/N-ethyl adjacent to an activating group) is 1. The van der Waals surface area contributed by atoms with E-state index in [2.05, 4.69) is 5.32 Å². The molecule has 0 aromatic heterocycles. The van der Waals surface area contributed by atoms with Crippen LogP contribution in [-0.4, -0.2) is 53.5 Å². The molecule has 5 nitrogen and oxygen atoms in total. The lowest BCUT2D eigenvalue weighted by atomic mass is 9.75. The van der Waals surface area contributed by atoms with Gasteiger partial charge in [0.25, 0.3) is 5.91 Å². The van der Waals surface area contributed by atoms with Gasteiger partial charge in [0, 0.05) is 20.5 Å². The van der Waals surface area contributed by atoms with Crippen molar-refractivity contribution < 1.29 is 23.5 Å². The number of rotatable bonds is 6. The van der Waals surface area contributed by atoms with Crippen molar-refractivity contribution in [2.24, 2.45) is 0 Å². The van der Waals surface area contributed by atoms with Crippen LogP contribution in [0.4, 0.5) is 8.78 Å². The summed E-state index contributed by atoms with van der Waals surface area (Å²) in [6.45, 7) is 0.